The fourth-order valence-corrected chi connectivity index (χ4v) is 3.37. The lowest BCUT2D eigenvalue weighted by Crippen LogP contribution is -2.33. The Morgan fingerprint density at radius 2 is 2.00 bits per heavy atom. The minimum atomic E-state index is -0.253. The largest absolute Gasteiger partial charge is 0.333 e. The van der Waals surface area contributed by atoms with E-state index >= 15 is 0 Å². The third-order valence-electron chi connectivity index (χ3n) is 3.53. The molecular weight excluding hydrogens is 330 g/mol. The van der Waals surface area contributed by atoms with Gasteiger partial charge in [0.1, 0.15) is 0 Å². The number of nitrogens with zero attached hydrogens (tertiary/aromatic N) is 2. The monoisotopic (exact) mass is 345 g/mol. The number of carbonyl (C=O) groups excluding carboxylic acids is 1. The number of imidazole rings is 1. The number of benzene rings is 2. The third-order valence-corrected chi connectivity index (χ3v) is 4.74. The van der Waals surface area contributed by atoms with Crippen molar-refractivity contribution in [2.45, 2.75) is 17.3 Å². The quantitative estimate of drug-likeness (QED) is 0.715. The number of hydrogen-bond donors (Lipinski definition) is 1. The number of amides is 1. The number of carbonyl (C=O) groups is 1. The van der Waals surface area contributed by atoms with Crippen LogP contribution in [0.15, 0.2) is 53.7 Å². The summed E-state index contributed by atoms with van der Waals surface area (Å²) in [5, 5.41) is 1.12. The van der Waals surface area contributed by atoms with E-state index in [4.69, 9.17) is 11.6 Å². The van der Waals surface area contributed by atoms with Crippen LogP contribution in [0.4, 0.5) is 5.69 Å². The Balaban J connectivity index is 1.74. The minimum Gasteiger partial charge on any atom is -0.333 e. The van der Waals surface area contributed by atoms with E-state index in [9.17, 15) is 4.79 Å². The number of rotatable bonds is 4. The highest BCUT2D eigenvalue weighted by Crippen LogP contribution is 2.26. The molecule has 23 heavy (non-hydrogen) atoms. The van der Waals surface area contributed by atoms with E-state index < -0.39 is 0 Å². The summed E-state index contributed by atoms with van der Waals surface area (Å²) >= 11 is 7.38. The van der Waals surface area contributed by atoms with E-state index in [-0.39, 0.29) is 11.2 Å². The first-order chi connectivity index (χ1) is 11.0. The predicted molar refractivity (Wildman–Crippen MR) is 96.3 cm³/mol. The van der Waals surface area contributed by atoms with Crippen LogP contribution in [0.25, 0.3) is 11.0 Å². The van der Waals surface area contributed by atoms with E-state index in [1.165, 1.54) is 11.8 Å². The number of nitrogens with one attached hydrogen (secondary N) is 1. The van der Waals surface area contributed by atoms with Gasteiger partial charge in [0.25, 0.3) is 0 Å². The molecule has 1 N–H and O–H groups in total. The topological polar surface area (TPSA) is 49.0 Å². The Morgan fingerprint density at radius 3 is 2.74 bits per heavy atom. The zero-order valence-electron chi connectivity index (χ0n) is 12.8. The molecule has 118 valence electrons. The van der Waals surface area contributed by atoms with Gasteiger partial charge in [-0.05, 0) is 37.3 Å². The SMILES string of the molecule is C[C@H](Sc1nc2ccc(Cl)cc2[nH]1)C(=O)N(C)c1ccccc1. The molecule has 4 nitrogen and oxygen atoms in total. The van der Waals surface area contributed by atoms with Gasteiger partial charge < -0.3 is 9.88 Å². The number of aromatic amines is 1. The minimum absolute atomic E-state index is 0.0275. The van der Waals surface area contributed by atoms with E-state index in [1.807, 2.05) is 49.4 Å². The van der Waals surface area contributed by atoms with E-state index in [0.29, 0.717) is 10.2 Å². The van der Waals surface area contributed by atoms with E-state index in [2.05, 4.69) is 9.97 Å². The van der Waals surface area contributed by atoms with E-state index in [1.54, 1.807) is 18.0 Å². The Hall–Kier alpha value is -1.98. The van der Waals surface area contributed by atoms with Gasteiger partial charge in [-0.2, -0.15) is 0 Å². The molecule has 0 unspecified atom stereocenters. The average Bonchev–Trinajstić information content (AvgIpc) is 2.95. The second kappa shape index (κ2) is 6.64. The highest BCUT2D eigenvalue weighted by molar-refractivity contribution is 8.00. The van der Waals surface area contributed by atoms with Crippen LogP contribution in [0.5, 0.6) is 0 Å². The molecule has 3 aromatic rings. The van der Waals surface area contributed by atoms with Crippen LogP contribution in [0, 0.1) is 0 Å². The summed E-state index contributed by atoms with van der Waals surface area (Å²) in [6, 6.07) is 15.1. The molecule has 0 bridgehead atoms. The van der Waals surface area contributed by atoms with Gasteiger partial charge in [-0.25, -0.2) is 4.98 Å². The number of H-pyrrole nitrogens is 1. The maximum Gasteiger partial charge on any atom is 0.240 e. The molecule has 0 aliphatic heterocycles. The molecule has 1 atom stereocenters. The first kappa shape index (κ1) is 15.9. The van der Waals surface area contributed by atoms with Crippen molar-refractivity contribution < 1.29 is 4.79 Å². The molecule has 0 radical (unpaired) electrons. The van der Waals surface area contributed by atoms with Gasteiger partial charge in [0.05, 0.1) is 16.3 Å². The van der Waals surface area contributed by atoms with Crippen molar-refractivity contribution in [3.63, 3.8) is 0 Å². The highest BCUT2D eigenvalue weighted by atomic mass is 35.5. The van der Waals surface area contributed by atoms with Crippen LogP contribution in [0.2, 0.25) is 5.02 Å². The van der Waals surface area contributed by atoms with Crippen molar-refractivity contribution in [1.82, 2.24) is 9.97 Å². The number of anilines is 1. The summed E-state index contributed by atoms with van der Waals surface area (Å²) in [7, 11) is 1.78. The lowest BCUT2D eigenvalue weighted by molar-refractivity contribution is -0.117. The van der Waals surface area contributed by atoms with Crippen molar-refractivity contribution >= 4 is 46.0 Å². The van der Waals surface area contributed by atoms with Crippen LogP contribution >= 0.6 is 23.4 Å². The smallest absolute Gasteiger partial charge is 0.240 e. The van der Waals surface area contributed by atoms with Gasteiger partial charge in [-0.3, -0.25) is 4.79 Å². The Morgan fingerprint density at radius 1 is 1.26 bits per heavy atom. The maximum absolute atomic E-state index is 12.6. The Labute approximate surface area is 143 Å². The Bertz CT molecular complexity index is 834. The predicted octanol–water partition coefficient (Wildman–Crippen LogP) is 4.36. The summed E-state index contributed by atoms with van der Waals surface area (Å²) in [6.07, 6.45) is 0. The molecule has 0 saturated carbocycles. The molecule has 1 heterocycles. The molecular formula is C17H16ClN3OS. The maximum atomic E-state index is 12.6. The van der Waals surface area contributed by atoms with Crippen molar-refractivity contribution in [3.8, 4) is 0 Å². The van der Waals surface area contributed by atoms with Gasteiger partial charge in [0, 0.05) is 17.8 Å². The molecule has 0 fully saturated rings. The molecule has 3 rings (SSSR count). The summed E-state index contributed by atoms with van der Waals surface area (Å²) in [6.45, 7) is 1.88. The zero-order chi connectivity index (χ0) is 16.4. The fourth-order valence-electron chi connectivity index (χ4n) is 2.28. The molecule has 6 heteroatoms. The second-order valence-electron chi connectivity index (χ2n) is 5.20. The fraction of sp³-hybridized carbons (Fsp3) is 0.176. The first-order valence-electron chi connectivity index (χ1n) is 7.19. The third kappa shape index (κ3) is 3.51. The molecule has 1 amide bonds. The van der Waals surface area contributed by atoms with Crippen molar-refractivity contribution in [2.75, 3.05) is 11.9 Å². The van der Waals surface area contributed by atoms with Crippen LogP contribution in [-0.2, 0) is 4.79 Å². The summed E-state index contributed by atoms with van der Waals surface area (Å²) < 4.78 is 0. The second-order valence-corrected chi connectivity index (χ2v) is 6.96. The van der Waals surface area contributed by atoms with Gasteiger partial charge in [0.2, 0.25) is 5.91 Å². The molecule has 0 aliphatic carbocycles. The summed E-state index contributed by atoms with van der Waals surface area (Å²) in [4.78, 5) is 21.9. The van der Waals surface area contributed by atoms with E-state index in [0.717, 1.165) is 16.7 Å². The number of hydrogen-bond acceptors (Lipinski definition) is 3. The number of thioether (sulfide) groups is 1. The summed E-state index contributed by atoms with van der Waals surface area (Å²) in [5.74, 6) is 0.0275. The number of halogens is 1. The molecule has 0 aliphatic rings. The molecule has 1 aromatic heterocycles. The van der Waals surface area contributed by atoms with Crippen LogP contribution in [0.1, 0.15) is 6.92 Å². The van der Waals surface area contributed by atoms with Gasteiger partial charge in [-0.15, -0.1) is 0 Å². The van der Waals surface area contributed by atoms with Crippen LogP contribution in [-0.4, -0.2) is 28.2 Å². The lowest BCUT2D eigenvalue weighted by Gasteiger charge is -2.20. The number of fused-ring (bicyclic) bond motifs is 1. The normalized spacial score (nSPS) is 12.3. The molecule has 2 aromatic carbocycles. The highest BCUT2D eigenvalue weighted by Gasteiger charge is 2.21. The van der Waals surface area contributed by atoms with Crippen molar-refractivity contribution in [3.05, 3.63) is 53.6 Å². The Kier molecular flexibility index (Phi) is 4.59. The van der Waals surface area contributed by atoms with Gasteiger partial charge in [-0.1, -0.05) is 41.6 Å². The molecule has 0 saturated heterocycles. The first-order valence-corrected chi connectivity index (χ1v) is 8.45. The lowest BCUT2D eigenvalue weighted by atomic mass is 10.3. The molecule has 0 spiro atoms. The number of para-hydroxylation sites is 1. The summed E-state index contributed by atoms with van der Waals surface area (Å²) in [5.41, 5.74) is 2.59. The van der Waals surface area contributed by atoms with Crippen molar-refractivity contribution in [2.24, 2.45) is 0 Å². The zero-order valence-corrected chi connectivity index (χ0v) is 14.4. The average molecular weight is 346 g/mol. The standard InChI is InChI=1S/C17H16ClN3OS/c1-11(16(22)21(2)13-6-4-3-5-7-13)23-17-19-14-9-8-12(18)10-15(14)20-17/h3-11H,1-2H3,(H,19,20)/t11-/m0/s1. The van der Waals surface area contributed by atoms with Gasteiger partial charge in [0.15, 0.2) is 5.16 Å². The van der Waals surface area contributed by atoms with Crippen LogP contribution < -0.4 is 4.90 Å². The van der Waals surface area contributed by atoms with Crippen molar-refractivity contribution in [1.29, 1.82) is 0 Å². The van der Waals surface area contributed by atoms with Crippen LogP contribution in [0.3, 0.4) is 0 Å². The van der Waals surface area contributed by atoms with Gasteiger partial charge >= 0.3 is 0 Å². The number of aromatic nitrogens is 2.